The van der Waals surface area contributed by atoms with Crippen LogP contribution >= 0.6 is 35.3 Å². The Labute approximate surface area is 851 Å². The van der Waals surface area contributed by atoms with Crippen molar-refractivity contribution in [1.82, 2.24) is 89.1 Å². The van der Waals surface area contributed by atoms with E-state index in [9.17, 15) is 121 Å². The predicted molar refractivity (Wildman–Crippen MR) is 527 cm³/mol. The number of fused-ring (bicyclic) bond motifs is 49. The van der Waals surface area contributed by atoms with E-state index in [1.165, 1.54) is 77.9 Å². The lowest BCUT2D eigenvalue weighted by Crippen LogP contribution is -2.62. The standard InChI is InChI=1S/C95H126N20O28S3/c1-49-33-70(118)101-67-41-145-31-28-72(120)114-45-94-43-113(44-95(94,46-114)48-115(47-94)73(121)29-32-146-42-68(111-80(131)50(2)96)90(141)100-51(3)81(132)104-63(37-69(97)117)87(138)102-58(23-25-74(122)123)82(133)107-62(84(135)99-49)36-55-17-12-16-54-15-10-11-18-57(54)55)71(119)27-30-144-40-66(79(98)130)110-92(143)78(93(4,5)6)112-89(140)65(39-77(128)129)109-86(137)61(35-53-19-21-56(116)22-20-53)105-85(136)60(34-52-13-8-7-9-14-52)106-88(139)64(38-76(126)127)108-83(134)59(103-91(67)142)24-26-75(124)125/h7-22,49-51,58-68,78,116H,23-48,96H2,1-6H3,(H2,97,117)(H2,98,130)(H,99,135)(H,100,141)(H,101,118)(H,102,138)(H,103,142)(H,104,132)(H,105,136)(H,106,139)(H,107,133)(H,108,134)(H,109,137)(H,110,143)(H,111,131)(H,112,140)(H,122,123)(H,124,125)(H,126,127)(H,128,129)/t49-,50+,51-,58+,59+,60+,61+,62+,63+,64+,65+,66+,67+,68+,78-,94?,95?/m1/s1. The third kappa shape index (κ3) is 33.7. The molecule has 146 heavy (non-hydrogen) atoms. The summed E-state index contributed by atoms with van der Waals surface area (Å²) in [7, 11) is 0. The van der Waals surface area contributed by atoms with E-state index in [-0.39, 0.29) is 105 Å². The van der Waals surface area contributed by atoms with Crippen LogP contribution in [0.5, 0.6) is 5.75 Å². The van der Waals surface area contributed by atoms with E-state index in [1.54, 1.807) is 75.4 Å². The van der Waals surface area contributed by atoms with Crippen molar-refractivity contribution in [3.05, 3.63) is 114 Å². The van der Waals surface area contributed by atoms with E-state index in [0.717, 1.165) is 35.3 Å². The SMILES string of the molecule is C[C@@H]1CC(=O)N[C@H]2CSCCC(=O)N3CC45CN(CC4(C3)CN(C5)C(=O)CCSC[C@H](NC(=O)[C@H](C)N)C(=O)N[C@H](C)C(=O)N[C@@H](CC(N)=O)C(=O)N[C@@H](CCC(=O)O)C(=O)N[C@@H](Cc3cccc4ccccc34)C(=O)N1)C(=O)CCSC[C@@H](C(N)=O)NC(=O)[C@H](C(C)(C)C)NC(=O)[C@H](CC(=O)O)NC(=O)[C@H](Cc1ccc(O)cc1)NC(=O)[C@H](Cc1ccccc1)NC(=O)[C@H](CC(=O)O)NC(=O)[C@H](CCC(=O)O)NC2=O. The highest BCUT2D eigenvalue weighted by Crippen LogP contribution is 2.57. The van der Waals surface area contributed by atoms with Crippen LogP contribution in [-0.4, -0.2) is 341 Å². The lowest BCUT2D eigenvalue weighted by atomic mass is 9.71. The fourth-order valence-electron chi connectivity index (χ4n) is 17.6. The Morgan fingerprint density at radius 2 is 0.842 bits per heavy atom. The summed E-state index contributed by atoms with van der Waals surface area (Å²) in [5, 5.41) is 86.6. The van der Waals surface area contributed by atoms with Crippen molar-refractivity contribution in [3.63, 3.8) is 0 Å². The van der Waals surface area contributed by atoms with E-state index >= 15 is 14.4 Å². The Hall–Kier alpha value is -14.2. The number of carboxylic acid groups (broad SMARTS) is 4. The van der Waals surface area contributed by atoms with Crippen molar-refractivity contribution in [3.8, 4) is 5.75 Å². The van der Waals surface area contributed by atoms with Gasteiger partial charge in [-0.1, -0.05) is 106 Å². The Kier molecular flexibility index (Phi) is 41.9. The molecule has 7 aliphatic rings. The second kappa shape index (κ2) is 53.0. The van der Waals surface area contributed by atoms with E-state index in [0.29, 0.717) is 21.9 Å². The molecule has 48 nitrogen and oxygen atoms in total. The zero-order chi connectivity index (χ0) is 107. The summed E-state index contributed by atoms with van der Waals surface area (Å²) in [6, 6.07) is -1.49. The van der Waals surface area contributed by atoms with Gasteiger partial charge < -0.3 is 132 Å². The molecule has 4 aromatic rings. The van der Waals surface area contributed by atoms with Gasteiger partial charge in [0.15, 0.2) is 0 Å². The first-order valence-electron chi connectivity index (χ1n) is 47.2. The summed E-state index contributed by atoms with van der Waals surface area (Å²) >= 11 is 2.97. The highest BCUT2D eigenvalue weighted by molar-refractivity contribution is 7.99. The summed E-state index contributed by atoms with van der Waals surface area (Å²) < 4.78 is 0. The van der Waals surface area contributed by atoms with Gasteiger partial charge in [-0.05, 0) is 78.6 Å². The smallest absolute Gasteiger partial charge is 0.305 e. The number of phenols is 1. The quantitative estimate of drug-likeness (QED) is 0.0348. The van der Waals surface area contributed by atoms with Gasteiger partial charge >= 0.3 is 23.9 Å². The molecule has 11 rings (SSSR count). The molecule has 51 heteroatoms. The molecule has 792 valence electrons. The van der Waals surface area contributed by atoms with Gasteiger partial charge in [0.1, 0.15) is 84.3 Å². The summed E-state index contributed by atoms with van der Waals surface area (Å²) in [6.07, 6.45) is -9.48. The maximum atomic E-state index is 15.2. The van der Waals surface area contributed by atoms with Crippen molar-refractivity contribution in [2.24, 2.45) is 33.4 Å². The number of thioether (sulfide) groups is 3. The Morgan fingerprint density at radius 3 is 1.32 bits per heavy atom. The Balaban J connectivity index is 1.11. The van der Waals surface area contributed by atoms with Crippen molar-refractivity contribution >= 4 is 182 Å². The second-order valence-corrected chi connectivity index (χ2v) is 41.4. The minimum Gasteiger partial charge on any atom is -0.508 e. The molecule has 0 radical (unpaired) electrons. The third-order valence-corrected chi connectivity index (χ3v) is 28.5. The number of nitrogens with one attached hydrogen (secondary N) is 14. The number of hydrogen-bond donors (Lipinski definition) is 22. The fraction of sp³-hybridized carbons (Fsp3) is 0.526. The van der Waals surface area contributed by atoms with Gasteiger partial charge in [-0.15, -0.1) is 0 Å². The van der Waals surface area contributed by atoms with Crippen LogP contribution in [0.25, 0.3) is 10.8 Å². The van der Waals surface area contributed by atoms with Gasteiger partial charge in [0.2, 0.25) is 112 Å². The van der Waals surface area contributed by atoms with Gasteiger partial charge in [0.25, 0.3) is 0 Å². The Morgan fingerprint density at radius 1 is 0.432 bits per heavy atom. The number of carbonyl (C=O) groups is 23. The highest BCUT2D eigenvalue weighted by atomic mass is 32.2. The van der Waals surface area contributed by atoms with Gasteiger partial charge in [-0.2, -0.15) is 35.3 Å². The molecule has 7 heterocycles. The second-order valence-electron chi connectivity index (χ2n) is 38.0. The first kappa shape index (κ1) is 115. The van der Waals surface area contributed by atoms with Crippen molar-refractivity contribution < 1.29 is 136 Å². The molecule has 7 saturated heterocycles. The Bertz CT molecular complexity index is 5540. The molecule has 7 fully saturated rings. The van der Waals surface area contributed by atoms with Crippen molar-refractivity contribution in [2.45, 2.75) is 222 Å². The van der Waals surface area contributed by atoms with Gasteiger partial charge in [-0.25, -0.2) is 0 Å². The molecule has 25 N–H and O–H groups in total. The zero-order valence-electron chi connectivity index (χ0n) is 81.2. The highest BCUT2D eigenvalue weighted by Gasteiger charge is 2.69. The van der Waals surface area contributed by atoms with Crippen molar-refractivity contribution in [1.29, 1.82) is 0 Å². The molecular weight excluding hydrogens is 1970 g/mol. The summed E-state index contributed by atoms with van der Waals surface area (Å²) in [5.74, 6) is -27.7. The van der Waals surface area contributed by atoms with E-state index in [4.69, 9.17) is 17.2 Å². The summed E-state index contributed by atoms with van der Waals surface area (Å²) in [6.45, 7) is 8.20. The monoisotopic (exact) mass is 2090 g/mol. The number of hydrogen-bond acceptors (Lipinski definition) is 28. The number of carbonyl (C=O) groups excluding carboxylic acids is 19. The van der Waals surface area contributed by atoms with Crippen LogP contribution < -0.4 is 91.6 Å². The first-order chi connectivity index (χ1) is 68.9. The maximum Gasteiger partial charge on any atom is 0.305 e. The fourth-order valence-corrected chi connectivity index (χ4v) is 20.5. The maximum absolute atomic E-state index is 15.2. The van der Waals surface area contributed by atoms with Gasteiger partial charge in [-0.3, -0.25) is 110 Å². The molecule has 0 saturated carbocycles. The molecule has 0 aliphatic carbocycles. The van der Waals surface area contributed by atoms with Gasteiger partial charge in [0, 0.05) is 148 Å². The molecule has 7 aliphatic heterocycles. The molecule has 6 bridgehead atoms. The van der Waals surface area contributed by atoms with Crippen LogP contribution in [-0.2, 0) is 130 Å². The molecule has 0 aromatic heterocycles. The number of phenolic OH excluding ortho intramolecular Hbond substituents is 1. The van der Waals surface area contributed by atoms with Crippen LogP contribution in [0.2, 0.25) is 0 Å². The van der Waals surface area contributed by atoms with Crippen LogP contribution in [0, 0.1) is 16.2 Å². The largest absolute Gasteiger partial charge is 0.508 e. The molecular formula is C95H126N20O28S3. The topological polar surface area (TPSA) is 750 Å². The van der Waals surface area contributed by atoms with E-state index in [2.05, 4.69) is 74.4 Å². The van der Waals surface area contributed by atoms with Crippen LogP contribution in [0.3, 0.4) is 0 Å². The lowest BCUT2D eigenvalue weighted by molar-refractivity contribution is -0.142. The number of nitrogens with zero attached hydrogens (tertiary/aromatic N) is 3. The minimum absolute atomic E-state index is 0.00260. The van der Waals surface area contributed by atoms with Crippen LogP contribution in [0.1, 0.15) is 129 Å². The predicted octanol–water partition coefficient (Wildman–Crippen LogP) is -4.88. The van der Waals surface area contributed by atoms with Crippen molar-refractivity contribution in [2.75, 3.05) is 73.8 Å². The van der Waals surface area contributed by atoms with E-state index < -0.39 is 313 Å². The number of benzene rings is 4. The number of amides is 19. The number of rotatable bonds is 21. The van der Waals surface area contributed by atoms with Gasteiger partial charge in [0.05, 0.1) is 25.3 Å². The molecule has 19 amide bonds. The first-order valence-corrected chi connectivity index (χ1v) is 50.7. The normalized spacial score (nSPS) is 26.8. The number of primary amides is 2. The summed E-state index contributed by atoms with van der Waals surface area (Å²) in [5.41, 5.74) is 15.0. The molecule has 17 atom stereocenters. The average Bonchev–Trinajstić information content (AvgIpc) is 1.52. The number of carboxylic acids is 4. The molecule has 2 spiro atoms. The number of aliphatic carboxylic acids is 4. The lowest BCUT2D eigenvalue weighted by Gasteiger charge is -2.33. The molecule has 4 aromatic carbocycles. The number of aromatic hydroxyl groups is 1. The zero-order valence-corrected chi connectivity index (χ0v) is 83.7. The van der Waals surface area contributed by atoms with E-state index in [1.807, 2.05) is 0 Å². The third-order valence-electron chi connectivity index (χ3n) is 25.3. The summed E-state index contributed by atoms with van der Waals surface area (Å²) in [4.78, 5) is 330. The molecule has 2 unspecified atom stereocenters. The average molecular weight is 2090 g/mol. The minimum atomic E-state index is -2.25. The number of nitrogens with two attached hydrogens (primary N) is 3. The van der Waals surface area contributed by atoms with Crippen LogP contribution in [0.4, 0.5) is 0 Å². The van der Waals surface area contributed by atoms with Crippen LogP contribution in [0.15, 0.2) is 97.1 Å².